The maximum atomic E-state index is 12.7. The Kier molecular flexibility index (Phi) is 6.35. The summed E-state index contributed by atoms with van der Waals surface area (Å²) in [4.78, 5) is 14.9. The molecule has 3 fully saturated rings. The molecule has 1 amide bonds. The molecule has 31 heavy (non-hydrogen) atoms. The van der Waals surface area contributed by atoms with Gasteiger partial charge in [-0.1, -0.05) is 25.0 Å². The Morgan fingerprint density at radius 1 is 1.10 bits per heavy atom. The minimum Gasteiger partial charge on any atom is -0.353 e. The number of carbonyl (C=O) groups is 1. The highest BCUT2D eigenvalue weighted by Crippen LogP contribution is 2.49. The summed E-state index contributed by atoms with van der Waals surface area (Å²) in [6, 6.07) is 12.7. The summed E-state index contributed by atoms with van der Waals surface area (Å²) in [5.41, 5.74) is 1.37. The summed E-state index contributed by atoms with van der Waals surface area (Å²) in [7, 11) is 2.06. The highest BCUT2D eigenvalue weighted by Gasteiger charge is 2.49. The molecule has 2 saturated carbocycles. The van der Waals surface area contributed by atoms with E-state index in [0.717, 1.165) is 37.8 Å². The predicted octanol–water partition coefficient (Wildman–Crippen LogP) is 4.24. The molecule has 5 nitrogen and oxygen atoms in total. The summed E-state index contributed by atoms with van der Waals surface area (Å²) < 4.78 is 0. The average Bonchev–Trinajstić information content (AvgIpc) is 2.79. The van der Waals surface area contributed by atoms with Crippen molar-refractivity contribution in [2.75, 3.05) is 13.6 Å². The van der Waals surface area contributed by atoms with E-state index in [9.17, 15) is 10.1 Å². The van der Waals surface area contributed by atoms with Gasteiger partial charge in [0.2, 0.25) is 5.91 Å². The molecule has 6 unspecified atom stereocenters. The highest BCUT2D eigenvalue weighted by atomic mass is 16.2. The quantitative estimate of drug-likeness (QED) is 0.775. The van der Waals surface area contributed by atoms with Crippen molar-refractivity contribution in [3.05, 3.63) is 35.4 Å². The van der Waals surface area contributed by atoms with Gasteiger partial charge in [0.15, 0.2) is 0 Å². The zero-order valence-electron chi connectivity index (χ0n) is 18.8. The number of fused-ring (bicyclic) bond motifs is 3. The first-order chi connectivity index (χ1) is 14.9. The van der Waals surface area contributed by atoms with Crippen LogP contribution in [0.15, 0.2) is 24.3 Å². The van der Waals surface area contributed by atoms with Crippen LogP contribution in [0.1, 0.15) is 63.0 Å². The van der Waals surface area contributed by atoms with Gasteiger partial charge in [-0.15, -0.1) is 0 Å². The molecule has 0 radical (unpaired) electrons. The third-order valence-electron chi connectivity index (χ3n) is 8.23. The molecular weight excluding hydrogens is 384 g/mol. The summed E-state index contributed by atoms with van der Waals surface area (Å²) in [5, 5.41) is 22.5. The molecule has 1 saturated heterocycles. The Bertz CT molecular complexity index is 882. The molecule has 4 rings (SSSR count). The Balaban J connectivity index is 1.40. The first kappa shape index (κ1) is 21.8. The minimum absolute atomic E-state index is 0.229. The van der Waals surface area contributed by atoms with E-state index < -0.39 is 5.41 Å². The van der Waals surface area contributed by atoms with Crippen molar-refractivity contribution in [1.82, 2.24) is 10.2 Å². The molecule has 2 aliphatic carbocycles. The predicted molar refractivity (Wildman–Crippen MR) is 119 cm³/mol. The zero-order valence-corrected chi connectivity index (χ0v) is 18.8. The lowest BCUT2D eigenvalue weighted by Gasteiger charge is -2.51. The standard InChI is InChI=1S/C26H34N4O/c1-26(16-28,17-30(2)15-19-9-7-18(14-27)8-10-19)20-11-12-22-21-5-3-4-6-23(21)25(31)29-24(22)13-20/h7-10,20-24H,3-6,11-13,15,17H2,1-2H3,(H,29,31). The van der Waals surface area contributed by atoms with E-state index in [1.54, 1.807) is 0 Å². The van der Waals surface area contributed by atoms with Crippen molar-refractivity contribution >= 4 is 5.91 Å². The molecule has 0 bridgehead atoms. The molecule has 1 N–H and O–H groups in total. The van der Waals surface area contributed by atoms with Crippen molar-refractivity contribution in [2.45, 2.75) is 64.5 Å². The molecule has 0 aromatic heterocycles. The first-order valence-electron chi connectivity index (χ1n) is 11.8. The molecule has 1 aromatic carbocycles. The number of benzene rings is 1. The Hall–Kier alpha value is -2.37. The van der Waals surface area contributed by atoms with Crippen LogP contribution in [0.4, 0.5) is 0 Å². The van der Waals surface area contributed by atoms with Crippen molar-refractivity contribution < 1.29 is 4.79 Å². The fraction of sp³-hybridized carbons (Fsp3) is 0.654. The monoisotopic (exact) mass is 418 g/mol. The van der Waals surface area contributed by atoms with Crippen molar-refractivity contribution in [1.29, 1.82) is 10.5 Å². The van der Waals surface area contributed by atoms with E-state index in [-0.39, 0.29) is 17.9 Å². The highest BCUT2D eigenvalue weighted by molar-refractivity contribution is 5.80. The zero-order chi connectivity index (χ0) is 22.0. The number of hydrogen-bond acceptors (Lipinski definition) is 4. The second-order valence-corrected chi connectivity index (χ2v) is 10.4. The normalized spacial score (nSPS) is 32.0. The van der Waals surface area contributed by atoms with E-state index in [1.807, 2.05) is 24.3 Å². The van der Waals surface area contributed by atoms with Crippen molar-refractivity contribution in [2.24, 2.45) is 29.1 Å². The number of rotatable bonds is 5. The largest absolute Gasteiger partial charge is 0.353 e. The van der Waals surface area contributed by atoms with Gasteiger partial charge >= 0.3 is 0 Å². The number of nitriles is 2. The molecule has 0 spiro atoms. The van der Waals surface area contributed by atoms with Crippen LogP contribution in [-0.4, -0.2) is 30.4 Å². The number of carbonyl (C=O) groups excluding carboxylic acids is 1. The third kappa shape index (κ3) is 4.48. The van der Waals surface area contributed by atoms with Crippen LogP contribution in [0.2, 0.25) is 0 Å². The van der Waals surface area contributed by atoms with Gasteiger partial charge in [0.05, 0.1) is 23.1 Å². The van der Waals surface area contributed by atoms with Gasteiger partial charge in [-0.3, -0.25) is 4.79 Å². The lowest BCUT2D eigenvalue weighted by atomic mass is 9.59. The maximum absolute atomic E-state index is 12.7. The van der Waals surface area contributed by atoms with Gasteiger partial charge in [0.25, 0.3) is 0 Å². The van der Waals surface area contributed by atoms with Crippen LogP contribution >= 0.6 is 0 Å². The molecule has 1 aliphatic heterocycles. The second kappa shape index (κ2) is 9.01. The number of hydrogen-bond donors (Lipinski definition) is 1. The maximum Gasteiger partial charge on any atom is 0.223 e. The van der Waals surface area contributed by atoms with Gasteiger partial charge in [0.1, 0.15) is 0 Å². The van der Waals surface area contributed by atoms with E-state index in [1.165, 1.54) is 19.3 Å². The van der Waals surface area contributed by atoms with Crippen LogP contribution in [0.25, 0.3) is 0 Å². The van der Waals surface area contributed by atoms with Gasteiger partial charge < -0.3 is 10.2 Å². The molecule has 1 heterocycles. The Morgan fingerprint density at radius 2 is 1.84 bits per heavy atom. The van der Waals surface area contributed by atoms with E-state index in [0.29, 0.717) is 29.9 Å². The van der Waals surface area contributed by atoms with Crippen LogP contribution in [0.3, 0.4) is 0 Å². The third-order valence-corrected chi connectivity index (χ3v) is 8.23. The Labute approximate surface area is 186 Å². The van der Waals surface area contributed by atoms with E-state index in [4.69, 9.17) is 5.26 Å². The molecular formula is C26H34N4O. The van der Waals surface area contributed by atoms with Crippen LogP contribution in [-0.2, 0) is 11.3 Å². The lowest BCUT2D eigenvalue weighted by molar-refractivity contribution is -0.136. The number of nitrogens with one attached hydrogen (secondary N) is 1. The summed E-state index contributed by atoms with van der Waals surface area (Å²) in [5.74, 6) is 1.94. The SMILES string of the molecule is CN(Cc1ccc(C#N)cc1)CC(C)(C#N)C1CCC2C(C1)NC(=O)C1CCCCC12. The van der Waals surface area contributed by atoms with Crippen molar-refractivity contribution in [3.63, 3.8) is 0 Å². The van der Waals surface area contributed by atoms with E-state index >= 15 is 0 Å². The average molecular weight is 419 g/mol. The smallest absolute Gasteiger partial charge is 0.223 e. The molecule has 6 atom stereocenters. The van der Waals surface area contributed by atoms with Gasteiger partial charge in [-0.05, 0) is 81.5 Å². The number of amides is 1. The summed E-state index contributed by atoms with van der Waals surface area (Å²) in [6.45, 7) is 3.55. The van der Waals surface area contributed by atoms with Crippen LogP contribution in [0.5, 0.6) is 0 Å². The van der Waals surface area contributed by atoms with Gasteiger partial charge in [0, 0.05) is 25.0 Å². The second-order valence-electron chi connectivity index (χ2n) is 10.4. The molecule has 164 valence electrons. The fourth-order valence-corrected chi connectivity index (χ4v) is 6.61. The summed E-state index contributed by atoms with van der Waals surface area (Å²) >= 11 is 0. The molecule has 1 aromatic rings. The summed E-state index contributed by atoms with van der Waals surface area (Å²) in [6.07, 6.45) is 7.84. The van der Waals surface area contributed by atoms with Gasteiger partial charge in [-0.25, -0.2) is 0 Å². The van der Waals surface area contributed by atoms with E-state index in [2.05, 4.69) is 36.3 Å². The lowest BCUT2D eigenvalue weighted by Crippen LogP contribution is -2.58. The van der Waals surface area contributed by atoms with Crippen molar-refractivity contribution in [3.8, 4) is 12.1 Å². The first-order valence-corrected chi connectivity index (χ1v) is 11.8. The Morgan fingerprint density at radius 3 is 2.55 bits per heavy atom. The number of piperidine rings is 1. The number of nitrogens with zero attached hydrogens (tertiary/aromatic N) is 3. The minimum atomic E-state index is -0.444. The van der Waals surface area contributed by atoms with Crippen LogP contribution < -0.4 is 5.32 Å². The molecule has 3 aliphatic rings. The van der Waals surface area contributed by atoms with Gasteiger partial charge in [-0.2, -0.15) is 10.5 Å². The molecule has 5 heteroatoms. The van der Waals surface area contributed by atoms with Crippen LogP contribution in [0, 0.1) is 51.7 Å². The fourth-order valence-electron chi connectivity index (χ4n) is 6.61. The topological polar surface area (TPSA) is 79.9 Å².